The number of hydrogen-bond acceptors (Lipinski definition) is 4. The number of aromatic hydroxyl groups is 1. The van der Waals surface area contributed by atoms with Crippen LogP contribution in [0.4, 0.5) is 5.69 Å². The fourth-order valence-electron chi connectivity index (χ4n) is 1.24. The molecule has 0 heterocycles. The predicted octanol–water partition coefficient (Wildman–Crippen LogP) is 1.62. The van der Waals surface area contributed by atoms with E-state index < -0.39 is 0 Å². The lowest BCUT2D eigenvalue weighted by Gasteiger charge is -2.07. The highest BCUT2D eigenvalue weighted by atomic mass is 32.2. The van der Waals surface area contributed by atoms with Crippen molar-refractivity contribution < 1.29 is 9.90 Å². The van der Waals surface area contributed by atoms with Crippen LogP contribution in [0, 0.1) is 0 Å². The summed E-state index contributed by atoms with van der Waals surface area (Å²) >= 11 is 1.68. The number of rotatable bonds is 6. The summed E-state index contributed by atoms with van der Waals surface area (Å²) < 4.78 is 0. The summed E-state index contributed by atoms with van der Waals surface area (Å²) in [5, 5.41) is 12.0. The maximum atomic E-state index is 11.7. The number of amides is 1. The average molecular weight is 252 g/mol. The van der Waals surface area contributed by atoms with Crippen LogP contribution in [-0.4, -0.2) is 29.1 Å². The molecule has 0 fully saturated rings. The lowest BCUT2D eigenvalue weighted by atomic mass is 10.1. The predicted molar refractivity (Wildman–Crippen MR) is 72.4 cm³/mol. The number of thioether (sulfide) groups is 1. The van der Waals surface area contributed by atoms with Crippen LogP contribution >= 0.6 is 11.8 Å². The molecule has 0 spiro atoms. The zero-order valence-corrected chi connectivity index (χ0v) is 10.3. The summed E-state index contributed by atoms with van der Waals surface area (Å²) in [7, 11) is 0. The second kappa shape index (κ2) is 6.85. The molecule has 0 bridgehead atoms. The summed E-state index contributed by atoms with van der Waals surface area (Å²) in [5.74, 6) is 1.45. The quantitative estimate of drug-likeness (QED) is 0.311. The molecule has 0 aliphatic heterocycles. The van der Waals surface area contributed by atoms with E-state index in [0.29, 0.717) is 17.8 Å². The van der Waals surface area contributed by atoms with Gasteiger partial charge in [-0.1, -0.05) is 6.08 Å². The smallest absolute Gasteiger partial charge is 0.253 e. The fraction of sp³-hybridized carbons (Fsp3) is 0.250. The molecule has 0 aliphatic carbocycles. The maximum absolute atomic E-state index is 11.7. The topological polar surface area (TPSA) is 75.3 Å². The van der Waals surface area contributed by atoms with Gasteiger partial charge in [0.15, 0.2) is 0 Å². The van der Waals surface area contributed by atoms with Gasteiger partial charge < -0.3 is 16.2 Å². The van der Waals surface area contributed by atoms with E-state index >= 15 is 0 Å². The maximum Gasteiger partial charge on any atom is 0.253 e. The Morgan fingerprint density at radius 2 is 2.35 bits per heavy atom. The van der Waals surface area contributed by atoms with Crippen molar-refractivity contribution in [3.63, 3.8) is 0 Å². The Labute approximate surface area is 105 Å². The second-order valence-corrected chi connectivity index (χ2v) is 4.54. The van der Waals surface area contributed by atoms with Crippen LogP contribution in [0.3, 0.4) is 0 Å². The number of phenols is 1. The summed E-state index contributed by atoms with van der Waals surface area (Å²) in [6.07, 6.45) is 1.82. The molecule has 1 rings (SSSR count). The third-order valence-corrected chi connectivity index (χ3v) is 3.01. The largest absolute Gasteiger partial charge is 0.508 e. The number of nitrogens with one attached hydrogen (secondary N) is 1. The van der Waals surface area contributed by atoms with Gasteiger partial charge in [-0.25, -0.2) is 0 Å². The molecule has 5 heteroatoms. The number of benzene rings is 1. The molecule has 0 radical (unpaired) electrons. The van der Waals surface area contributed by atoms with E-state index in [2.05, 4.69) is 11.9 Å². The van der Waals surface area contributed by atoms with Crippen molar-refractivity contribution in [1.29, 1.82) is 0 Å². The first kappa shape index (κ1) is 13.4. The van der Waals surface area contributed by atoms with Crippen LogP contribution in [0.2, 0.25) is 0 Å². The first-order chi connectivity index (χ1) is 8.15. The SMILES string of the molecule is C=CCSCCNC(=O)c1cc(O)ccc1N. The van der Waals surface area contributed by atoms with E-state index in [9.17, 15) is 9.90 Å². The molecule has 0 aromatic heterocycles. The van der Waals surface area contributed by atoms with Gasteiger partial charge in [0.05, 0.1) is 5.56 Å². The molecule has 0 atom stereocenters. The van der Waals surface area contributed by atoms with Gasteiger partial charge in [-0.15, -0.1) is 6.58 Å². The van der Waals surface area contributed by atoms with Gasteiger partial charge in [-0.2, -0.15) is 11.8 Å². The van der Waals surface area contributed by atoms with Crippen LogP contribution < -0.4 is 11.1 Å². The summed E-state index contributed by atoms with van der Waals surface area (Å²) in [4.78, 5) is 11.7. The minimum absolute atomic E-state index is 0.0328. The van der Waals surface area contributed by atoms with Crippen molar-refractivity contribution in [3.05, 3.63) is 36.4 Å². The summed E-state index contributed by atoms with van der Waals surface area (Å²) in [5.41, 5.74) is 6.32. The molecule has 0 unspecified atom stereocenters. The zero-order chi connectivity index (χ0) is 12.7. The van der Waals surface area contributed by atoms with Crippen LogP contribution in [0.15, 0.2) is 30.9 Å². The second-order valence-electron chi connectivity index (χ2n) is 3.39. The Bertz CT molecular complexity index is 407. The minimum Gasteiger partial charge on any atom is -0.508 e. The highest BCUT2D eigenvalue weighted by Crippen LogP contribution is 2.18. The van der Waals surface area contributed by atoms with Crippen LogP contribution in [0.25, 0.3) is 0 Å². The van der Waals surface area contributed by atoms with E-state index in [1.54, 1.807) is 11.8 Å². The van der Waals surface area contributed by atoms with Crippen molar-refractivity contribution in [3.8, 4) is 5.75 Å². The van der Waals surface area contributed by atoms with Gasteiger partial charge in [0, 0.05) is 23.7 Å². The number of nitrogens with two attached hydrogens (primary N) is 1. The van der Waals surface area contributed by atoms with Crippen molar-refractivity contribution in [2.24, 2.45) is 0 Å². The Hall–Kier alpha value is -1.62. The number of anilines is 1. The number of nitrogen functional groups attached to an aromatic ring is 1. The molecule has 4 N–H and O–H groups in total. The normalized spacial score (nSPS) is 9.88. The first-order valence-corrected chi connectivity index (χ1v) is 6.36. The third kappa shape index (κ3) is 4.40. The highest BCUT2D eigenvalue weighted by molar-refractivity contribution is 7.99. The molecule has 0 aliphatic rings. The van der Waals surface area contributed by atoms with E-state index in [4.69, 9.17) is 5.73 Å². The first-order valence-electron chi connectivity index (χ1n) is 5.20. The lowest BCUT2D eigenvalue weighted by molar-refractivity contribution is 0.0956. The molecule has 92 valence electrons. The van der Waals surface area contributed by atoms with Gasteiger partial charge in [-0.3, -0.25) is 4.79 Å². The zero-order valence-electron chi connectivity index (χ0n) is 9.48. The van der Waals surface area contributed by atoms with E-state index in [-0.39, 0.29) is 11.7 Å². The molecule has 1 amide bonds. The fourth-order valence-corrected chi connectivity index (χ4v) is 1.82. The Morgan fingerprint density at radius 1 is 1.59 bits per heavy atom. The highest BCUT2D eigenvalue weighted by Gasteiger charge is 2.09. The Balaban J connectivity index is 2.46. The summed E-state index contributed by atoms with van der Waals surface area (Å²) in [6.45, 7) is 4.17. The number of carbonyl (C=O) groups excluding carboxylic acids is 1. The molecule has 0 saturated heterocycles. The monoisotopic (exact) mass is 252 g/mol. The van der Waals surface area contributed by atoms with Gasteiger partial charge in [0.25, 0.3) is 5.91 Å². The van der Waals surface area contributed by atoms with Gasteiger partial charge in [0.2, 0.25) is 0 Å². The molecule has 0 saturated carbocycles. The molecule has 1 aromatic carbocycles. The van der Waals surface area contributed by atoms with Gasteiger partial charge in [0.1, 0.15) is 5.75 Å². The molecule has 17 heavy (non-hydrogen) atoms. The van der Waals surface area contributed by atoms with Crippen LogP contribution in [-0.2, 0) is 0 Å². The minimum atomic E-state index is -0.266. The molecule has 1 aromatic rings. The van der Waals surface area contributed by atoms with Crippen molar-refractivity contribution in [1.82, 2.24) is 5.32 Å². The molecular formula is C12H16N2O2S. The lowest BCUT2D eigenvalue weighted by Crippen LogP contribution is -2.26. The molecule has 4 nitrogen and oxygen atoms in total. The van der Waals surface area contributed by atoms with E-state index in [1.807, 2.05) is 6.08 Å². The standard InChI is InChI=1S/C12H16N2O2S/c1-2-6-17-7-5-14-12(16)10-8-9(15)3-4-11(10)13/h2-4,8,15H,1,5-7,13H2,(H,14,16). The molecular weight excluding hydrogens is 236 g/mol. The van der Waals surface area contributed by atoms with Crippen molar-refractivity contribution in [2.45, 2.75) is 0 Å². The number of hydrogen-bond donors (Lipinski definition) is 3. The van der Waals surface area contributed by atoms with Crippen molar-refractivity contribution >= 4 is 23.4 Å². The van der Waals surface area contributed by atoms with Crippen molar-refractivity contribution in [2.75, 3.05) is 23.8 Å². The van der Waals surface area contributed by atoms with Gasteiger partial charge >= 0.3 is 0 Å². The van der Waals surface area contributed by atoms with E-state index in [0.717, 1.165) is 11.5 Å². The third-order valence-electron chi connectivity index (χ3n) is 2.05. The number of phenolic OH excluding ortho intramolecular Hbond substituents is 1. The Morgan fingerprint density at radius 3 is 3.06 bits per heavy atom. The van der Waals surface area contributed by atoms with E-state index in [1.165, 1.54) is 18.2 Å². The van der Waals surface area contributed by atoms with Crippen LogP contribution in [0.1, 0.15) is 10.4 Å². The average Bonchev–Trinajstić information content (AvgIpc) is 2.32. The Kier molecular flexibility index (Phi) is 5.42. The summed E-state index contributed by atoms with van der Waals surface area (Å²) in [6, 6.07) is 4.32. The number of carbonyl (C=O) groups is 1. The van der Waals surface area contributed by atoms with Gasteiger partial charge in [-0.05, 0) is 18.2 Å². The van der Waals surface area contributed by atoms with Crippen LogP contribution in [0.5, 0.6) is 5.75 Å².